The van der Waals surface area contributed by atoms with Crippen LogP contribution in [-0.2, 0) is 0 Å². The van der Waals surface area contributed by atoms with E-state index in [4.69, 9.17) is 11.6 Å². The predicted molar refractivity (Wildman–Crippen MR) is 81.7 cm³/mol. The molecule has 0 unspecified atom stereocenters. The van der Waals surface area contributed by atoms with E-state index < -0.39 is 12.1 Å². The quantitative estimate of drug-likeness (QED) is 0.684. The number of hydrogen-bond donors (Lipinski definition) is 3. The van der Waals surface area contributed by atoms with Crippen molar-refractivity contribution >= 4 is 22.8 Å². The largest absolute Gasteiger partial charge is 0.480 e. The molecule has 7 heteroatoms. The molecule has 0 amide bonds. The second kappa shape index (κ2) is 5.92. The molecule has 3 rings (SSSR count). The molecule has 2 atom stereocenters. The third kappa shape index (κ3) is 2.52. The summed E-state index contributed by atoms with van der Waals surface area (Å²) >= 11 is 5.93. The summed E-state index contributed by atoms with van der Waals surface area (Å²) in [5.41, 5.74) is 1.36. The van der Waals surface area contributed by atoms with Gasteiger partial charge in [-0.3, -0.25) is 4.57 Å². The summed E-state index contributed by atoms with van der Waals surface area (Å²) in [4.78, 5) is 7.95. The number of nitrogens with zero attached hydrogens (tertiary/aromatic N) is 3. The van der Waals surface area contributed by atoms with Crippen molar-refractivity contribution in [3.63, 3.8) is 0 Å². The summed E-state index contributed by atoms with van der Waals surface area (Å²) in [6.07, 6.45) is 0.399. The first-order valence-corrected chi connectivity index (χ1v) is 7.06. The normalized spacial score (nSPS) is 14.1. The van der Waals surface area contributed by atoms with Gasteiger partial charge in [0, 0.05) is 6.20 Å². The summed E-state index contributed by atoms with van der Waals surface area (Å²) in [6.45, 7) is -0.387. The van der Waals surface area contributed by atoms with E-state index in [-0.39, 0.29) is 12.6 Å². The maximum absolute atomic E-state index is 10.5. The topological polar surface area (TPSA) is 91.4 Å². The Bertz CT molecular complexity index is 791. The molecule has 6 nitrogen and oxygen atoms in total. The molecule has 114 valence electrons. The first-order valence-electron chi connectivity index (χ1n) is 6.68. The van der Waals surface area contributed by atoms with Gasteiger partial charge in [0.2, 0.25) is 0 Å². The fourth-order valence-corrected chi connectivity index (χ4v) is 2.62. The van der Waals surface area contributed by atoms with Gasteiger partial charge in [0.1, 0.15) is 6.10 Å². The van der Waals surface area contributed by atoms with E-state index >= 15 is 0 Å². The van der Waals surface area contributed by atoms with Crippen molar-refractivity contribution in [3.8, 4) is 6.01 Å². The highest BCUT2D eigenvalue weighted by molar-refractivity contribution is 6.31. The molecule has 0 saturated heterocycles. The average Bonchev–Trinajstić information content (AvgIpc) is 2.85. The number of aromatic nitrogens is 3. The molecule has 0 spiro atoms. The van der Waals surface area contributed by atoms with Crippen LogP contribution in [0.15, 0.2) is 42.6 Å². The lowest BCUT2D eigenvalue weighted by molar-refractivity contribution is 0.0705. The zero-order chi connectivity index (χ0) is 15.7. The number of aromatic hydroxyl groups is 1. The second-order valence-electron chi connectivity index (χ2n) is 4.88. The van der Waals surface area contributed by atoms with Gasteiger partial charge >= 0.3 is 0 Å². The molecule has 0 aliphatic carbocycles. The van der Waals surface area contributed by atoms with Crippen LogP contribution in [0.5, 0.6) is 6.01 Å². The lowest BCUT2D eigenvalue weighted by Crippen LogP contribution is -2.21. The van der Waals surface area contributed by atoms with E-state index in [9.17, 15) is 15.3 Å². The highest BCUT2D eigenvalue weighted by atomic mass is 35.5. The van der Waals surface area contributed by atoms with E-state index in [1.165, 1.54) is 10.8 Å². The third-order valence-corrected chi connectivity index (χ3v) is 3.73. The van der Waals surface area contributed by atoms with Gasteiger partial charge in [0.25, 0.3) is 6.01 Å². The third-order valence-electron chi connectivity index (χ3n) is 3.52. The Morgan fingerprint density at radius 1 is 1.23 bits per heavy atom. The smallest absolute Gasteiger partial charge is 0.296 e. The Morgan fingerprint density at radius 3 is 2.64 bits per heavy atom. The van der Waals surface area contributed by atoms with Crippen molar-refractivity contribution in [3.05, 3.63) is 53.2 Å². The predicted octanol–water partition coefficient (Wildman–Crippen LogP) is 2.06. The minimum atomic E-state index is -1.02. The monoisotopic (exact) mass is 319 g/mol. The first kappa shape index (κ1) is 14.8. The minimum absolute atomic E-state index is 0.292. The van der Waals surface area contributed by atoms with Crippen LogP contribution in [0.2, 0.25) is 5.02 Å². The molecule has 3 aromatic rings. The second-order valence-corrected chi connectivity index (χ2v) is 5.32. The standard InChI is InChI=1S/C15H14ClN3O3/c16-10-6-11-14(17-7-10)18-15(22)19(11)12(8-20)13(21)9-4-2-1-3-5-9/h1-7,12-13,20-21H,8H2,(H,17,18,22)/t12-,13-/m1/s1. The fourth-order valence-electron chi connectivity index (χ4n) is 2.46. The summed E-state index contributed by atoms with van der Waals surface area (Å²) in [5.74, 6) is 0. The van der Waals surface area contributed by atoms with Gasteiger partial charge in [0.05, 0.1) is 23.2 Å². The number of fused-ring (bicyclic) bond motifs is 1. The molecular weight excluding hydrogens is 306 g/mol. The van der Waals surface area contributed by atoms with Gasteiger partial charge in [-0.2, -0.15) is 4.98 Å². The Labute approximate surface area is 131 Å². The fraction of sp³-hybridized carbons (Fsp3) is 0.200. The van der Waals surface area contributed by atoms with Gasteiger partial charge < -0.3 is 15.3 Å². The van der Waals surface area contributed by atoms with Crippen LogP contribution in [-0.4, -0.2) is 36.5 Å². The van der Waals surface area contributed by atoms with E-state index in [0.29, 0.717) is 21.7 Å². The number of aliphatic hydroxyl groups is 2. The number of halogens is 1. The van der Waals surface area contributed by atoms with E-state index in [0.717, 1.165) is 0 Å². The van der Waals surface area contributed by atoms with Crippen molar-refractivity contribution in [1.29, 1.82) is 0 Å². The Hall–Kier alpha value is -2.15. The number of aliphatic hydroxyl groups excluding tert-OH is 2. The average molecular weight is 320 g/mol. The Balaban J connectivity index is 2.11. The molecule has 0 aliphatic rings. The van der Waals surface area contributed by atoms with Crippen LogP contribution in [0.3, 0.4) is 0 Å². The molecule has 0 aliphatic heterocycles. The van der Waals surface area contributed by atoms with Gasteiger partial charge in [-0.1, -0.05) is 41.9 Å². The van der Waals surface area contributed by atoms with Crippen molar-refractivity contribution in [2.24, 2.45) is 0 Å². The lowest BCUT2D eigenvalue weighted by atomic mass is 10.0. The summed E-state index contributed by atoms with van der Waals surface area (Å²) in [6, 6.07) is 9.33. The van der Waals surface area contributed by atoms with E-state index in [1.54, 1.807) is 30.3 Å². The Kier molecular flexibility index (Phi) is 3.98. The number of hydrogen-bond acceptors (Lipinski definition) is 5. The summed E-state index contributed by atoms with van der Waals surface area (Å²) in [7, 11) is 0. The highest BCUT2D eigenvalue weighted by Gasteiger charge is 2.27. The molecule has 0 radical (unpaired) electrons. The van der Waals surface area contributed by atoms with E-state index in [2.05, 4.69) is 9.97 Å². The number of rotatable bonds is 4. The van der Waals surface area contributed by atoms with Crippen LogP contribution < -0.4 is 0 Å². The molecule has 0 bridgehead atoms. The Morgan fingerprint density at radius 2 is 1.95 bits per heavy atom. The van der Waals surface area contributed by atoms with Gasteiger partial charge in [0.15, 0.2) is 5.65 Å². The highest BCUT2D eigenvalue weighted by Crippen LogP contribution is 2.33. The minimum Gasteiger partial charge on any atom is -0.480 e. The van der Waals surface area contributed by atoms with Crippen LogP contribution in [0.25, 0.3) is 11.2 Å². The van der Waals surface area contributed by atoms with Gasteiger partial charge in [-0.25, -0.2) is 4.98 Å². The van der Waals surface area contributed by atoms with Crippen molar-refractivity contribution in [1.82, 2.24) is 14.5 Å². The van der Waals surface area contributed by atoms with Gasteiger partial charge in [-0.15, -0.1) is 0 Å². The summed E-state index contributed by atoms with van der Waals surface area (Å²) < 4.78 is 1.34. The SMILES string of the molecule is OC[C@H]([C@H](O)c1ccccc1)n1c(O)nc2ncc(Cl)cc21. The molecular formula is C15H14ClN3O3. The van der Waals surface area contributed by atoms with Crippen molar-refractivity contribution in [2.75, 3.05) is 6.61 Å². The van der Waals surface area contributed by atoms with Crippen LogP contribution in [0.4, 0.5) is 0 Å². The zero-order valence-corrected chi connectivity index (χ0v) is 12.2. The molecule has 3 N–H and O–H groups in total. The number of benzene rings is 1. The number of pyridine rings is 1. The van der Waals surface area contributed by atoms with Crippen molar-refractivity contribution in [2.45, 2.75) is 12.1 Å². The molecule has 2 heterocycles. The maximum Gasteiger partial charge on any atom is 0.296 e. The number of imidazole rings is 1. The summed E-state index contributed by atoms with van der Waals surface area (Å²) in [5, 5.41) is 30.7. The molecule has 22 heavy (non-hydrogen) atoms. The molecule has 0 fully saturated rings. The molecule has 1 aromatic carbocycles. The maximum atomic E-state index is 10.5. The molecule has 0 saturated carbocycles. The van der Waals surface area contributed by atoms with Gasteiger partial charge in [-0.05, 0) is 11.6 Å². The van der Waals surface area contributed by atoms with Crippen LogP contribution >= 0.6 is 11.6 Å². The zero-order valence-electron chi connectivity index (χ0n) is 11.5. The van der Waals surface area contributed by atoms with Crippen LogP contribution in [0, 0.1) is 0 Å². The lowest BCUT2D eigenvalue weighted by Gasteiger charge is -2.23. The molecule has 2 aromatic heterocycles. The first-order chi connectivity index (χ1) is 10.6. The van der Waals surface area contributed by atoms with Crippen molar-refractivity contribution < 1.29 is 15.3 Å². The van der Waals surface area contributed by atoms with E-state index in [1.807, 2.05) is 6.07 Å². The van der Waals surface area contributed by atoms with Crippen LogP contribution in [0.1, 0.15) is 17.7 Å².